The number of aliphatic carboxylic acids is 1. The summed E-state index contributed by atoms with van der Waals surface area (Å²) in [7, 11) is 0. The monoisotopic (exact) mass is 845 g/mol. The molecule has 0 bridgehead atoms. The van der Waals surface area contributed by atoms with Crippen molar-refractivity contribution in [2.45, 2.75) is 103 Å². The lowest BCUT2D eigenvalue weighted by Gasteiger charge is -2.32. The number of rotatable bonds is 12. The Balaban J connectivity index is 0.000000819. The molecule has 2 fully saturated rings. The Morgan fingerprint density at radius 3 is 2.34 bits per heavy atom. The quantitative estimate of drug-likeness (QED) is 0.0802. The molecular formula is C43H50F3N9O6. The highest BCUT2D eigenvalue weighted by Crippen LogP contribution is 2.30. The third kappa shape index (κ3) is 11.8. The van der Waals surface area contributed by atoms with Gasteiger partial charge in [0, 0.05) is 41.9 Å². The van der Waals surface area contributed by atoms with Crippen molar-refractivity contribution in [3.8, 4) is 11.3 Å². The highest BCUT2D eigenvalue weighted by atomic mass is 19.4. The number of halogens is 3. The summed E-state index contributed by atoms with van der Waals surface area (Å²) in [4.78, 5) is 56.5. The largest absolute Gasteiger partial charge is 0.490 e. The maximum absolute atomic E-state index is 12.7. The molecule has 2 aliphatic rings. The second kappa shape index (κ2) is 19.0. The number of hydrogen-bond acceptors (Lipinski definition) is 11. The molecule has 1 atom stereocenters. The van der Waals surface area contributed by atoms with Crippen molar-refractivity contribution in [3.05, 3.63) is 94.9 Å². The summed E-state index contributed by atoms with van der Waals surface area (Å²) < 4.78 is 38.9. The minimum atomic E-state index is -5.08. The molecule has 18 heteroatoms. The number of anilines is 1. The van der Waals surface area contributed by atoms with E-state index in [0.29, 0.717) is 31.2 Å². The molecule has 3 aromatic heterocycles. The maximum atomic E-state index is 12.7. The van der Waals surface area contributed by atoms with Gasteiger partial charge in [-0.1, -0.05) is 50.2 Å². The summed E-state index contributed by atoms with van der Waals surface area (Å²) in [6, 6.07) is 18.3. The van der Waals surface area contributed by atoms with Gasteiger partial charge in [-0.25, -0.2) is 14.3 Å². The van der Waals surface area contributed by atoms with Gasteiger partial charge in [0.15, 0.2) is 5.65 Å². The first-order valence-electron chi connectivity index (χ1n) is 20.2. The summed E-state index contributed by atoms with van der Waals surface area (Å²) in [6.45, 7) is 11.5. The number of aryl methyl sites for hydroxylation is 2. The van der Waals surface area contributed by atoms with Crippen LogP contribution in [0.15, 0.2) is 65.3 Å². The van der Waals surface area contributed by atoms with E-state index in [9.17, 15) is 27.6 Å². The summed E-state index contributed by atoms with van der Waals surface area (Å²) in [5.74, 6) is -2.58. The number of carboxylic acid groups (broad SMARTS) is 1. The SMILES string of the molecule is Cc1cc(-c2ccnc3cc(CCCCN4CCC(c5ccc(NC6CCC(=O)NC6=O)cc5)CC4)nn23)ccc1CNC(=O)c1noc(C(C)(C)C)n1.O=C(O)C(F)(F)F. The zero-order valence-corrected chi connectivity index (χ0v) is 34.5. The normalized spacial score (nSPS) is 16.5. The Morgan fingerprint density at radius 1 is 0.984 bits per heavy atom. The Kier molecular flexibility index (Phi) is 13.9. The number of unbranched alkanes of at least 4 members (excludes halogenated alkanes) is 1. The van der Waals surface area contributed by atoms with Crippen molar-refractivity contribution < 1.29 is 42.0 Å². The number of carbonyl (C=O) groups is 4. The second-order valence-electron chi connectivity index (χ2n) is 16.4. The Bertz CT molecular complexity index is 2350. The first-order valence-corrected chi connectivity index (χ1v) is 20.2. The molecule has 0 saturated carbocycles. The smallest absolute Gasteiger partial charge is 0.475 e. The standard InChI is InChI=1S/C41H49N9O4.C2HF3O2/c1-26-23-29(8-9-30(26)25-43-39(53)37-46-40(54-48-37)41(2,3)4)34-16-19-42-35-24-32(47-50(34)35)7-5-6-20-49-21-17-28(18-22-49)27-10-12-31(13-11-27)44-33-14-15-36(51)45-38(33)52;3-2(4,5)1(6)7/h8-13,16,19,23-24,28,33,44H,5-7,14-15,17-18,20-22,25H2,1-4H3,(H,43,53)(H,45,51,52);(H,6,7). The number of carboxylic acids is 1. The molecule has 2 aliphatic heterocycles. The maximum Gasteiger partial charge on any atom is 0.490 e. The van der Waals surface area contributed by atoms with E-state index in [1.54, 1.807) is 0 Å². The molecular weight excluding hydrogens is 796 g/mol. The first-order chi connectivity index (χ1) is 28.9. The van der Waals surface area contributed by atoms with Crippen LogP contribution in [0.25, 0.3) is 16.9 Å². The molecule has 0 spiro atoms. The molecule has 1 unspecified atom stereocenters. The molecule has 0 aliphatic carbocycles. The zero-order valence-electron chi connectivity index (χ0n) is 34.5. The average molecular weight is 846 g/mol. The number of fused-ring (bicyclic) bond motifs is 1. The van der Waals surface area contributed by atoms with E-state index < -0.39 is 12.1 Å². The van der Waals surface area contributed by atoms with Gasteiger partial charge in [0.2, 0.25) is 17.7 Å². The van der Waals surface area contributed by atoms with Crippen LogP contribution in [0.5, 0.6) is 0 Å². The number of aromatic nitrogens is 5. The molecule has 2 saturated heterocycles. The van der Waals surface area contributed by atoms with Crippen LogP contribution in [-0.4, -0.2) is 90.3 Å². The second-order valence-corrected chi connectivity index (χ2v) is 16.4. The Morgan fingerprint density at radius 2 is 1.70 bits per heavy atom. The summed E-state index contributed by atoms with van der Waals surface area (Å²) in [5.41, 5.74) is 7.83. The zero-order chi connectivity index (χ0) is 43.9. The lowest BCUT2D eigenvalue weighted by atomic mass is 9.89. The van der Waals surface area contributed by atoms with E-state index >= 15 is 0 Å². The van der Waals surface area contributed by atoms with Crippen LogP contribution in [-0.2, 0) is 32.8 Å². The van der Waals surface area contributed by atoms with Gasteiger partial charge in [-0.2, -0.15) is 23.3 Å². The lowest BCUT2D eigenvalue weighted by Crippen LogP contribution is -2.47. The fourth-order valence-corrected chi connectivity index (χ4v) is 7.23. The number of piperidine rings is 2. The van der Waals surface area contributed by atoms with Crippen molar-refractivity contribution in [3.63, 3.8) is 0 Å². The Hall–Kier alpha value is -6.17. The van der Waals surface area contributed by atoms with Gasteiger partial charge >= 0.3 is 12.1 Å². The highest BCUT2D eigenvalue weighted by Gasteiger charge is 2.38. The van der Waals surface area contributed by atoms with Crippen molar-refractivity contribution in [2.24, 2.45) is 0 Å². The minimum Gasteiger partial charge on any atom is -0.475 e. The number of benzene rings is 2. The number of imide groups is 1. The third-order valence-corrected chi connectivity index (χ3v) is 10.7. The molecule has 0 radical (unpaired) electrons. The Labute approximate surface area is 350 Å². The van der Waals surface area contributed by atoms with E-state index in [-0.39, 0.29) is 35.0 Å². The molecule has 2 aromatic carbocycles. The topological polar surface area (TPSA) is 197 Å². The predicted molar refractivity (Wildman–Crippen MR) is 219 cm³/mol. The van der Waals surface area contributed by atoms with E-state index in [1.807, 2.05) is 62.7 Å². The van der Waals surface area contributed by atoms with Gasteiger partial charge in [0.25, 0.3) is 11.7 Å². The molecule has 15 nitrogen and oxygen atoms in total. The fraction of sp³-hybridized carbons (Fsp3) is 0.442. The first kappa shape index (κ1) is 44.4. The van der Waals surface area contributed by atoms with E-state index in [1.165, 1.54) is 5.56 Å². The van der Waals surface area contributed by atoms with Gasteiger partial charge in [-0.3, -0.25) is 19.7 Å². The van der Waals surface area contributed by atoms with E-state index in [2.05, 4.69) is 66.3 Å². The van der Waals surface area contributed by atoms with Gasteiger partial charge in [-0.15, -0.1) is 0 Å². The van der Waals surface area contributed by atoms with E-state index in [4.69, 9.17) is 19.5 Å². The third-order valence-electron chi connectivity index (χ3n) is 10.7. The fourth-order valence-electron chi connectivity index (χ4n) is 7.23. The molecule has 61 heavy (non-hydrogen) atoms. The van der Waals surface area contributed by atoms with Gasteiger partial charge in [-0.05, 0) is 112 Å². The van der Waals surface area contributed by atoms with Gasteiger partial charge in [0.1, 0.15) is 6.04 Å². The number of nitrogens with one attached hydrogen (secondary N) is 3. The van der Waals surface area contributed by atoms with Gasteiger partial charge in [0.05, 0.1) is 11.4 Å². The minimum absolute atomic E-state index is 0.0339. The number of nitrogens with zero attached hydrogens (tertiary/aromatic N) is 6. The van der Waals surface area contributed by atoms with Crippen LogP contribution in [0.3, 0.4) is 0 Å². The number of likely N-dealkylation sites (tertiary alicyclic amines) is 1. The van der Waals surface area contributed by atoms with Crippen LogP contribution >= 0.6 is 0 Å². The van der Waals surface area contributed by atoms with Crippen LogP contribution in [0.4, 0.5) is 18.9 Å². The van der Waals surface area contributed by atoms with E-state index in [0.717, 1.165) is 91.2 Å². The predicted octanol–water partition coefficient (Wildman–Crippen LogP) is 6.37. The molecule has 7 rings (SSSR count). The summed E-state index contributed by atoms with van der Waals surface area (Å²) in [5, 5.41) is 24.5. The van der Waals surface area contributed by atoms with Crippen LogP contribution in [0.2, 0.25) is 0 Å². The average Bonchev–Trinajstić information content (AvgIpc) is 3.89. The van der Waals surface area contributed by atoms with Crippen molar-refractivity contribution in [1.82, 2.24) is 40.3 Å². The number of alkyl halides is 3. The van der Waals surface area contributed by atoms with Crippen LogP contribution < -0.4 is 16.0 Å². The van der Waals surface area contributed by atoms with Crippen molar-refractivity contribution in [1.29, 1.82) is 0 Å². The van der Waals surface area contributed by atoms with Crippen molar-refractivity contribution in [2.75, 3.05) is 25.0 Å². The van der Waals surface area contributed by atoms with Crippen LogP contribution in [0, 0.1) is 6.92 Å². The summed E-state index contributed by atoms with van der Waals surface area (Å²) in [6.07, 6.45) is 2.96. The molecule has 5 heterocycles. The molecule has 3 amide bonds. The van der Waals surface area contributed by atoms with Gasteiger partial charge < -0.3 is 25.2 Å². The summed E-state index contributed by atoms with van der Waals surface area (Å²) >= 11 is 0. The molecule has 324 valence electrons. The molecule has 4 N–H and O–H groups in total. The molecule has 5 aromatic rings. The van der Waals surface area contributed by atoms with Crippen molar-refractivity contribution >= 4 is 35.0 Å². The lowest BCUT2D eigenvalue weighted by molar-refractivity contribution is -0.192. The highest BCUT2D eigenvalue weighted by molar-refractivity contribution is 6.01. The number of carbonyl (C=O) groups excluding carboxylic acids is 3. The number of amides is 3. The number of hydrogen-bond donors (Lipinski definition) is 4. The van der Waals surface area contributed by atoms with Crippen LogP contribution in [0.1, 0.15) is 104 Å².